The van der Waals surface area contributed by atoms with Crippen molar-refractivity contribution in [3.8, 4) is 11.4 Å². The zero-order valence-corrected chi connectivity index (χ0v) is 13.5. The van der Waals surface area contributed by atoms with Crippen molar-refractivity contribution >= 4 is 16.8 Å². The van der Waals surface area contributed by atoms with Gasteiger partial charge >= 0.3 is 0 Å². The molecule has 1 amide bonds. The average Bonchev–Trinajstić information content (AvgIpc) is 3.31. The number of fused-ring (bicyclic) bond motifs is 1. The number of pyridine rings is 1. The van der Waals surface area contributed by atoms with Crippen LogP contribution in [0.2, 0.25) is 0 Å². The Labute approximate surface area is 144 Å². The van der Waals surface area contributed by atoms with E-state index in [0.717, 1.165) is 28.0 Å². The van der Waals surface area contributed by atoms with E-state index in [-0.39, 0.29) is 5.91 Å². The third-order valence-electron chi connectivity index (χ3n) is 4.07. The maximum Gasteiger partial charge on any atom is 0.251 e. The first kappa shape index (κ1) is 15.1. The highest BCUT2D eigenvalue weighted by Gasteiger charge is 2.09. The normalized spacial score (nSPS) is 10.9. The molecule has 0 unspecified atom stereocenters. The molecule has 0 saturated heterocycles. The summed E-state index contributed by atoms with van der Waals surface area (Å²) in [4.78, 5) is 19.9. The molecule has 6 heteroatoms. The summed E-state index contributed by atoms with van der Waals surface area (Å²) in [6, 6.07) is 15.3. The molecule has 1 aromatic carbocycles. The number of carbonyl (C=O) groups excluding carboxylic acids is 1. The monoisotopic (exact) mass is 331 g/mol. The first-order chi connectivity index (χ1) is 12.3. The molecule has 6 nitrogen and oxygen atoms in total. The van der Waals surface area contributed by atoms with E-state index in [0.29, 0.717) is 18.5 Å². The van der Waals surface area contributed by atoms with Crippen molar-refractivity contribution in [1.29, 1.82) is 0 Å². The van der Waals surface area contributed by atoms with Gasteiger partial charge in [0, 0.05) is 47.5 Å². The van der Waals surface area contributed by atoms with Gasteiger partial charge < -0.3 is 10.3 Å². The number of carbonyl (C=O) groups is 1. The van der Waals surface area contributed by atoms with Crippen LogP contribution in [-0.4, -0.2) is 32.6 Å². The second kappa shape index (κ2) is 6.60. The second-order valence-electron chi connectivity index (χ2n) is 5.78. The zero-order chi connectivity index (χ0) is 17.1. The fraction of sp³-hybridized carbons (Fsp3) is 0.105. The van der Waals surface area contributed by atoms with Crippen LogP contribution in [0.5, 0.6) is 0 Å². The lowest BCUT2D eigenvalue weighted by molar-refractivity contribution is 0.0954. The SMILES string of the molecule is O=C(NCCc1ccccn1)c1ccc2[nH]c(-c3ccn[nH]3)cc2c1. The van der Waals surface area contributed by atoms with Gasteiger partial charge in [-0.1, -0.05) is 6.07 Å². The first-order valence-corrected chi connectivity index (χ1v) is 8.10. The summed E-state index contributed by atoms with van der Waals surface area (Å²) in [7, 11) is 0. The number of hydrogen-bond donors (Lipinski definition) is 3. The maximum absolute atomic E-state index is 12.4. The Morgan fingerprint density at radius 1 is 1.04 bits per heavy atom. The Balaban J connectivity index is 1.46. The second-order valence-corrected chi connectivity index (χ2v) is 5.78. The molecule has 0 saturated carbocycles. The Kier molecular flexibility index (Phi) is 4.00. The molecule has 25 heavy (non-hydrogen) atoms. The largest absolute Gasteiger partial charge is 0.353 e. The van der Waals surface area contributed by atoms with Gasteiger partial charge in [-0.25, -0.2) is 0 Å². The summed E-state index contributed by atoms with van der Waals surface area (Å²) in [5.74, 6) is -0.0814. The van der Waals surface area contributed by atoms with Crippen LogP contribution >= 0.6 is 0 Å². The number of H-pyrrole nitrogens is 2. The minimum absolute atomic E-state index is 0.0814. The molecule has 0 spiro atoms. The van der Waals surface area contributed by atoms with Crippen LogP contribution in [-0.2, 0) is 6.42 Å². The van der Waals surface area contributed by atoms with Gasteiger partial charge in [-0.2, -0.15) is 5.10 Å². The molecule has 0 atom stereocenters. The number of hydrogen-bond acceptors (Lipinski definition) is 3. The Morgan fingerprint density at radius 3 is 2.80 bits per heavy atom. The van der Waals surface area contributed by atoms with E-state index >= 15 is 0 Å². The van der Waals surface area contributed by atoms with Crippen LogP contribution in [0, 0.1) is 0 Å². The van der Waals surface area contributed by atoms with Gasteiger partial charge in [0.1, 0.15) is 0 Å². The van der Waals surface area contributed by atoms with Gasteiger partial charge in [0.2, 0.25) is 0 Å². The number of nitrogens with one attached hydrogen (secondary N) is 3. The Bertz CT molecular complexity index is 989. The van der Waals surface area contributed by atoms with Gasteiger partial charge in [0.15, 0.2) is 0 Å². The molecule has 3 aromatic heterocycles. The summed E-state index contributed by atoms with van der Waals surface area (Å²) < 4.78 is 0. The summed E-state index contributed by atoms with van der Waals surface area (Å²) in [5, 5.41) is 10.8. The molecule has 3 heterocycles. The van der Waals surface area contributed by atoms with Crippen molar-refractivity contribution in [3.05, 3.63) is 72.2 Å². The van der Waals surface area contributed by atoms with E-state index < -0.39 is 0 Å². The minimum Gasteiger partial charge on any atom is -0.353 e. The Hall–Kier alpha value is -3.41. The third-order valence-corrected chi connectivity index (χ3v) is 4.07. The van der Waals surface area contributed by atoms with Crippen LogP contribution in [0.25, 0.3) is 22.3 Å². The standard InChI is InChI=1S/C19H17N5O/c25-19(21-9-6-15-3-1-2-8-20-15)13-4-5-16-14(11-13)12-18(23-16)17-7-10-22-24-17/h1-5,7-8,10-12,23H,6,9H2,(H,21,25)(H,22,24). The van der Waals surface area contributed by atoms with Gasteiger partial charge in [0.05, 0.1) is 11.4 Å². The number of amides is 1. The van der Waals surface area contributed by atoms with E-state index in [9.17, 15) is 4.79 Å². The van der Waals surface area contributed by atoms with Crippen LogP contribution in [0.1, 0.15) is 16.1 Å². The van der Waals surface area contributed by atoms with E-state index in [1.54, 1.807) is 12.4 Å². The molecular formula is C19H17N5O. The van der Waals surface area contributed by atoms with Gasteiger partial charge in [-0.3, -0.25) is 14.9 Å². The predicted molar refractivity (Wildman–Crippen MR) is 96.2 cm³/mol. The van der Waals surface area contributed by atoms with E-state index in [4.69, 9.17) is 0 Å². The molecule has 4 rings (SSSR count). The minimum atomic E-state index is -0.0814. The summed E-state index contributed by atoms with van der Waals surface area (Å²) in [5.41, 5.74) is 4.45. The number of rotatable bonds is 5. The van der Waals surface area contributed by atoms with Gasteiger partial charge in [0.25, 0.3) is 5.91 Å². The van der Waals surface area contributed by atoms with E-state index in [1.165, 1.54) is 0 Å². The van der Waals surface area contributed by atoms with Crippen molar-refractivity contribution in [3.63, 3.8) is 0 Å². The van der Waals surface area contributed by atoms with Gasteiger partial charge in [-0.05, 0) is 42.5 Å². The van der Waals surface area contributed by atoms with Gasteiger partial charge in [-0.15, -0.1) is 0 Å². The van der Waals surface area contributed by atoms with Crippen LogP contribution < -0.4 is 5.32 Å². The molecule has 0 aliphatic carbocycles. The summed E-state index contributed by atoms with van der Waals surface area (Å²) >= 11 is 0. The predicted octanol–water partition coefficient (Wildman–Crippen LogP) is 2.93. The number of aromatic nitrogens is 4. The fourth-order valence-corrected chi connectivity index (χ4v) is 2.78. The first-order valence-electron chi connectivity index (χ1n) is 8.10. The van der Waals surface area contributed by atoms with Crippen molar-refractivity contribution in [2.45, 2.75) is 6.42 Å². The summed E-state index contributed by atoms with van der Waals surface area (Å²) in [6.45, 7) is 0.556. The smallest absolute Gasteiger partial charge is 0.251 e. The van der Waals surface area contributed by atoms with Crippen molar-refractivity contribution in [2.24, 2.45) is 0 Å². The van der Waals surface area contributed by atoms with Crippen molar-refractivity contribution < 1.29 is 4.79 Å². The van der Waals surface area contributed by atoms with E-state index in [1.807, 2.05) is 48.5 Å². The highest BCUT2D eigenvalue weighted by molar-refractivity contribution is 5.98. The van der Waals surface area contributed by atoms with Crippen LogP contribution in [0.15, 0.2) is 60.9 Å². The number of nitrogens with zero attached hydrogens (tertiary/aromatic N) is 2. The Morgan fingerprint density at radius 2 is 2.00 bits per heavy atom. The summed E-state index contributed by atoms with van der Waals surface area (Å²) in [6.07, 6.45) is 4.18. The quantitative estimate of drug-likeness (QED) is 0.525. The molecule has 0 aliphatic heterocycles. The van der Waals surface area contributed by atoms with Crippen LogP contribution in [0.3, 0.4) is 0 Å². The number of benzene rings is 1. The molecule has 0 bridgehead atoms. The highest BCUT2D eigenvalue weighted by atomic mass is 16.1. The molecule has 0 fully saturated rings. The fourth-order valence-electron chi connectivity index (χ4n) is 2.78. The molecule has 4 aromatic rings. The average molecular weight is 331 g/mol. The van der Waals surface area contributed by atoms with E-state index in [2.05, 4.69) is 25.5 Å². The highest BCUT2D eigenvalue weighted by Crippen LogP contribution is 2.23. The lowest BCUT2D eigenvalue weighted by Crippen LogP contribution is -2.25. The molecule has 0 radical (unpaired) electrons. The molecule has 124 valence electrons. The lowest BCUT2D eigenvalue weighted by atomic mass is 10.1. The molecule has 3 N–H and O–H groups in total. The zero-order valence-electron chi connectivity index (χ0n) is 13.5. The lowest BCUT2D eigenvalue weighted by Gasteiger charge is -2.05. The molecular weight excluding hydrogens is 314 g/mol. The third kappa shape index (κ3) is 3.28. The number of aromatic amines is 2. The van der Waals surface area contributed by atoms with Crippen LogP contribution in [0.4, 0.5) is 0 Å². The molecule has 0 aliphatic rings. The van der Waals surface area contributed by atoms with Crippen molar-refractivity contribution in [1.82, 2.24) is 25.5 Å². The van der Waals surface area contributed by atoms with Crippen molar-refractivity contribution in [2.75, 3.05) is 6.54 Å². The maximum atomic E-state index is 12.4. The topological polar surface area (TPSA) is 86.5 Å².